The van der Waals surface area contributed by atoms with Crippen LogP contribution in [-0.4, -0.2) is 15.8 Å². The summed E-state index contributed by atoms with van der Waals surface area (Å²) in [6.07, 6.45) is 5.01. The maximum Gasteiger partial charge on any atom is 0.0596 e. The molecule has 3 nitrogen and oxygen atoms in total. The highest BCUT2D eigenvalue weighted by molar-refractivity contribution is 5.06. The van der Waals surface area contributed by atoms with Crippen LogP contribution in [0.4, 0.5) is 0 Å². The molecule has 1 aliphatic rings. The van der Waals surface area contributed by atoms with Gasteiger partial charge in [0.1, 0.15) is 0 Å². The zero-order valence-electron chi connectivity index (χ0n) is 9.74. The van der Waals surface area contributed by atoms with Crippen LogP contribution >= 0.6 is 0 Å². The lowest BCUT2D eigenvalue weighted by molar-refractivity contribution is 0.399. The van der Waals surface area contributed by atoms with Crippen molar-refractivity contribution < 1.29 is 0 Å². The van der Waals surface area contributed by atoms with Crippen molar-refractivity contribution in [2.75, 3.05) is 0 Å². The van der Waals surface area contributed by atoms with E-state index in [4.69, 9.17) is 5.73 Å². The Hall–Kier alpha value is -0.830. The molecule has 3 heteroatoms. The van der Waals surface area contributed by atoms with E-state index in [0.29, 0.717) is 12.0 Å². The van der Waals surface area contributed by atoms with E-state index in [1.165, 1.54) is 31.4 Å². The Kier molecular flexibility index (Phi) is 3.10. The minimum absolute atomic E-state index is 0.432. The van der Waals surface area contributed by atoms with E-state index in [2.05, 4.69) is 22.8 Å². The number of aromatic nitrogens is 2. The van der Waals surface area contributed by atoms with Crippen LogP contribution in [0.15, 0.2) is 6.07 Å². The van der Waals surface area contributed by atoms with Crippen molar-refractivity contribution in [3.8, 4) is 0 Å². The van der Waals surface area contributed by atoms with Crippen molar-refractivity contribution in [2.24, 2.45) is 11.7 Å². The first-order valence-electron chi connectivity index (χ1n) is 5.93. The Morgan fingerprint density at radius 1 is 1.47 bits per heavy atom. The highest BCUT2D eigenvalue weighted by atomic mass is 15.3. The van der Waals surface area contributed by atoms with Crippen molar-refractivity contribution >= 4 is 0 Å². The molecule has 15 heavy (non-hydrogen) atoms. The van der Waals surface area contributed by atoms with Crippen LogP contribution in [0, 0.1) is 19.8 Å². The lowest BCUT2D eigenvalue weighted by atomic mass is 10.0. The number of hydrogen-bond donors (Lipinski definition) is 1. The molecule has 0 aliphatic heterocycles. The molecule has 0 saturated heterocycles. The van der Waals surface area contributed by atoms with Gasteiger partial charge >= 0.3 is 0 Å². The summed E-state index contributed by atoms with van der Waals surface area (Å²) in [5, 5.41) is 4.47. The molecule has 1 fully saturated rings. The van der Waals surface area contributed by atoms with Crippen LogP contribution in [0.3, 0.4) is 0 Å². The third kappa shape index (κ3) is 2.40. The molecule has 1 saturated carbocycles. The third-order valence-corrected chi connectivity index (χ3v) is 3.53. The third-order valence-electron chi connectivity index (χ3n) is 3.53. The molecule has 0 amide bonds. The zero-order valence-corrected chi connectivity index (χ0v) is 9.74. The van der Waals surface area contributed by atoms with Gasteiger partial charge in [-0.1, -0.05) is 6.42 Å². The van der Waals surface area contributed by atoms with Gasteiger partial charge in [-0.15, -0.1) is 0 Å². The van der Waals surface area contributed by atoms with Gasteiger partial charge in [-0.2, -0.15) is 5.10 Å². The van der Waals surface area contributed by atoms with Crippen LogP contribution in [0.25, 0.3) is 0 Å². The molecule has 1 heterocycles. The van der Waals surface area contributed by atoms with Crippen LogP contribution in [0.1, 0.15) is 37.1 Å². The van der Waals surface area contributed by atoms with E-state index in [9.17, 15) is 0 Å². The Balaban J connectivity index is 1.90. The average molecular weight is 207 g/mol. The molecule has 2 unspecified atom stereocenters. The van der Waals surface area contributed by atoms with Crippen molar-refractivity contribution in [1.29, 1.82) is 0 Å². The summed E-state index contributed by atoms with van der Waals surface area (Å²) in [4.78, 5) is 0. The molecule has 2 atom stereocenters. The Morgan fingerprint density at radius 3 is 2.80 bits per heavy atom. The van der Waals surface area contributed by atoms with Gasteiger partial charge in [0, 0.05) is 18.3 Å². The monoisotopic (exact) mass is 207 g/mol. The SMILES string of the molecule is Cc1cc(C)n(CCC2CCCC2N)n1. The Morgan fingerprint density at radius 2 is 2.27 bits per heavy atom. The maximum atomic E-state index is 6.06. The first-order valence-corrected chi connectivity index (χ1v) is 5.93. The van der Waals surface area contributed by atoms with Crippen LogP contribution < -0.4 is 5.73 Å². The van der Waals surface area contributed by atoms with Crippen LogP contribution in [-0.2, 0) is 6.54 Å². The van der Waals surface area contributed by atoms with E-state index >= 15 is 0 Å². The quantitative estimate of drug-likeness (QED) is 0.824. The average Bonchev–Trinajstić information content (AvgIpc) is 2.70. The molecule has 0 radical (unpaired) electrons. The number of rotatable bonds is 3. The fraction of sp³-hybridized carbons (Fsp3) is 0.750. The predicted octanol–water partition coefficient (Wildman–Crippen LogP) is 2.02. The van der Waals surface area contributed by atoms with Crippen LogP contribution in [0.5, 0.6) is 0 Å². The summed E-state index contributed by atoms with van der Waals surface area (Å²) >= 11 is 0. The second kappa shape index (κ2) is 4.35. The Labute approximate surface area is 91.7 Å². The molecule has 1 aliphatic carbocycles. The van der Waals surface area contributed by atoms with E-state index in [0.717, 1.165) is 12.2 Å². The van der Waals surface area contributed by atoms with Crippen molar-refractivity contribution in [3.63, 3.8) is 0 Å². The summed E-state index contributed by atoms with van der Waals surface area (Å²) in [5.41, 5.74) is 8.43. The summed E-state index contributed by atoms with van der Waals surface area (Å²) in [5.74, 6) is 0.717. The normalized spacial score (nSPS) is 26.1. The minimum atomic E-state index is 0.432. The second-order valence-corrected chi connectivity index (χ2v) is 4.79. The zero-order chi connectivity index (χ0) is 10.8. The number of hydrogen-bond acceptors (Lipinski definition) is 2. The molecule has 2 rings (SSSR count). The standard InChI is InChI=1S/C12H21N3/c1-9-8-10(2)15(14-9)7-6-11-4-3-5-12(11)13/h8,11-12H,3-7,13H2,1-2H3. The molecular weight excluding hydrogens is 186 g/mol. The van der Waals surface area contributed by atoms with Gasteiger partial charge in [0.15, 0.2) is 0 Å². The predicted molar refractivity (Wildman–Crippen MR) is 61.6 cm³/mol. The Bertz CT molecular complexity index is 330. The summed E-state index contributed by atoms with van der Waals surface area (Å²) < 4.78 is 2.11. The molecule has 1 aromatic heterocycles. The topological polar surface area (TPSA) is 43.8 Å². The summed E-state index contributed by atoms with van der Waals surface area (Å²) in [6, 6.07) is 2.57. The van der Waals surface area contributed by atoms with Gasteiger partial charge in [0.25, 0.3) is 0 Å². The van der Waals surface area contributed by atoms with Gasteiger partial charge < -0.3 is 5.73 Å². The van der Waals surface area contributed by atoms with E-state index in [1.807, 2.05) is 6.92 Å². The van der Waals surface area contributed by atoms with Gasteiger partial charge in [0.2, 0.25) is 0 Å². The van der Waals surface area contributed by atoms with Gasteiger partial charge in [0.05, 0.1) is 5.69 Å². The number of nitrogens with zero attached hydrogens (tertiary/aromatic N) is 2. The smallest absolute Gasteiger partial charge is 0.0596 e. The molecular formula is C12H21N3. The fourth-order valence-corrected chi connectivity index (χ4v) is 2.61. The highest BCUT2D eigenvalue weighted by Crippen LogP contribution is 2.27. The molecule has 84 valence electrons. The van der Waals surface area contributed by atoms with E-state index in [-0.39, 0.29) is 0 Å². The lowest BCUT2D eigenvalue weighted by Crippen LogP contribution is -2.25. The van der Waals surface area contributed by atoms with Crippen molar-refractivity contribution in [1.82, 2.24) is 9.78 Å². The molecule has 0 bridgehead atoms. The van der Waals surface area contributed by atoms with Gasteiger partial charge in [-0.25, -0.2) is 0 Å². The van der Waals surface area contributed by atoms with Crippen molar-refractivity contribution in [2.45, 2.75) is 52.1 Å². The van der Waals surface area contributed by atoms with Crippen molar-refractivity contribution in [3.05, 3.63) is 17.5 Å². The molecule has 2 N–H and O–H groups in total. The summed E-state index contributed by atoms with van der Waals surface area (Å²) in [6.45, 7) is 5.19. The fourth-order valence-electron chi connectivity index (χ4n) is 2.61. The van der Waals surface area contributed by atoms with E-state index in [1.54, 1.807) is 0 Å². The molecule has 0 spiro atoms. The van der Waals surface area contributed by atoms with Gasteiger partial charge in [-0.05, 0) is 45.1 Å². The van der Waals surface area contributed by atoms with Crippen LogP contribution in [0.2, 0.25) is 0 Å². The second-order valence-electron chi connectivity index (χ2n) is 4.79. The largest absolute Gasteiger partial charge is 0.327 e. The number of nitrogens with two attached hydrogens (primary N) is 1. The number of aryl methyl sites for hydroxylation is 3. The van der Waals surface area contributed by atoms with E-state index < -0.39 is 0 Å². The minimum Gasteiger partial charge on any atom is -0.327 e. The lowest BCUT2D eigenvalue weighted by Gasteiger charge is -2.15. The van der Waals surface area contributed by atoms with Gasteiger partial charge in [-0.3, -0.25) is 4.68 Å². The first kappa shape index (κ1) is 10.7. The summed E-state index contributed by atoms with van der Waals surface area (Å²) in [7, 11) is 0. The molecule has 1 aromatic rings. The first-order chi connectivity index (χ1) is 7.16. The highest BCUT2D eigenvalue weighted by Gasteiger charge is 2.23. The molecule has 0 aromatic carbocycles. The maximum absolute atomic E-state index is 6.06.